The standard InChI is InChI=1S/C32H32FN5O2S/c1-2-19-5-3-6-20-11-24(39)12-25(28(19)20)27-13-26-29(37-16-22-7-8-23(17-37)34-22)35-31(36-30(26)41-27)40-18-32-9-4-10-38(32)15-21(33)14-32/h1,3,5-6,11-13,21-23,34,39H,4,7-10,14-18H2/t21-,22?,23?,32+/m1/s1. The van der Waals surface area contributed by atoms with Crippen LogP contribution in [0.4, 0.5) is 10.2 Å². The topological polar surface area (TPSA) is 73.8 Å². The van der Waals surface area contributed by atoms with E-state index in [0.717, 1.165) is 75.3 Å². The van der Waals surface area contributed by atoms with Gasteiger partial charge in [-0.3, -0.25) is 4.90 Å². The average molecular weight is 570 g/mol. The molecule has 210 valence electrons. The van der Waals surface area contributed by atoms with Crippen molar-refractivity contribution in [2.45, 2.75) is 55.9 Å². The number of alkyl halides is 1. The van der Waals surface area contributed by atoms with Crippen LogP contribution in [-0.4, -0.2) is 76.6 Å². The third kappa shape index (κ3) is 4.23. The number of phenolic OH excluding ortho intramolecular Hbond substituents is 1. The summed E-state index contributed by atoms with van der Waals surface area (Å²) in [6, 6.07) is 12.7. The molecule has 0 saturated carbocycles. The Morgan fingerprint density at radius 3 is 2.85 bits per heavy atom. The number of benzene rings is 2. The molecule has 0 radical (unpaired) electrons. The van der Waals surface area contributed by atoms with Crippen LogP contribution in [-0.2, 0) is 0 Å². The smallest absolute Gasteiger partial charge is 0.319 e. The molecule has 4 fully saturated rings. The molecule has 6 heterocycles. The molecule has 2 unspecified atom stereocenters. The Labute approximate surface area is 242 Å². The Morgan fingerprint density at radius 1 is 1.17 bits per heavy atom. The van der Waals surface area contributed by atoms with Gasteiger partial charge >= 0.3 is 6.01 Å². The van der Waals surface area contributed by atoms with Crippen LogP contribution in [0.3, 0.4) is 0 Å². The van der Waals surface area contributed by atoms with E-state index in [0.29, 0.717) is 37.7 Å². The lowest BCUT2D eigenvalue weighted by Gasteiger charge is -2.34. The molecule has 4 aromatic rings. The van der Waals surface area contributed by atoms with Crippen LogP contribution in [0.5, 0.6) is 11.8 Å². The van der Waals surface area contributed by atoms with Crippen molar-refractivity contribution in [1.82, 2.24) is 20.2 Å². The zero-order chi connectivity index (χ0) is 27.7. The maximum Gasteiger partial charge on any atom is 0.319 e. The second kappa shape index (κ2) is 9.55. The number of nitrogens with one attached hydrogen (secondary N) is 1. The van der Waals surface area contributed by atoms with Crippen molar-refractivity contribution in [3.8, 4) is 34.5 Å². The molecule has 2 N–H and O–H groups in total. The molecule has 4 aliphatic heterocycles. The van der Waals surface area contributed by atoms with Gasteiger partial charge in [0.05, 0.1) is 10.9 Å². The van der Waals surface area contributed by atoms with Gasteiger partial charge in [0, 0.05) is 59.5 Å². The van der Waals surface area contributed by atoms with Gasteiger partial charge in [0.25, 0.3) is 0 Å². The summed E-state index contributed by atoms with van der Waals surface area (Å²) in [6.45, 7) is 3.57. The van der Waals surface area contributed by atoms with Crippen molar-refractivity contribution in [2.24, 2.45) is 0 Å². The van der Waals surface area contributed by atoms with Crippen molar-refractivity contribution in [3.63, 3.8) is 0 Å². The number of thiophene rings is 1. The number of aromatic nitrogens is 2. The van der Waals surface area contributed by atoms with Gasteiger partial charge in [-0.2, -0.15) is 9.97 Å². The number of aromatic hydroxyl groups is 1. The first-order valence-corrected chi connectivity index (χ1v) is 15.4. The van der Waals surface area contributed by atoms with Gasteiger partial charge in [0.15, 0.2) is 0 Å². The summed E-state index contributed by atoms with van der Waals surface area (Å²) in [7, 11) is 0. The van der Waals surface area contributed by atoms with E-state index in [1.165, 1.54) is 12.8 Å². The van der Waals surface area contributed by atoms with E-state index >= 15 is 0 Å². The minimum absolute atomic E-state index is 0.191. The number of rotatable bonds is 5. The zero-order valence-electron chi connectivity index (χ0n) is 22.8. The number of halogens is 1. The third-order valence-electron chi connectivity index (χ3n) is 9.48. The third-order valence-corrected chi connectivity index (χ3v) is 10.5. The first kappa shape index (κ1) is 25.3. The maximum atomic E-state index is 14.4. The molecule has 7 nitrogen and oxygen atoms in total. The largest absolute Gasteiger partial charge is 0.508 e. The number of phenols is 1. The number of fused-ring (bicyclic) bond motifs is 5. The highest BCUT2D eigenvalue weighted by molar-refractivity contribution is 7.22. The Hall–Kier alpha value is -3.45. The van der Waals surface area contributed by atoms with Crippen molar-refractivity contribution >= 4 is 38.1 Å². The molecule has 2 bridgehead atoms. The van der Waals surface area contributed by atoms with Gasteiger partial charge in [0.2, 0.25) is 0 Å². The van der Waals surface area contributed by atoms with E-state index in [2.05, 4.69) is 27.1 Å². The molecule has 4 atom stereocenters. The highest BCUT2D eigenvalue weighted by atomic mass is 32.1. The van der Waals surface area contributed by atoms with Crippen LogP contribution in [0.2, 0.25) is 0 Å². The first-order valence-electron chi connectivity index (χ1n) is 14.6. The summed E-state index contributed by atoms with van der Waals surface area (Å²) >= 11 is 1.56. The number of piperazine rings is 1. The summed E-state index contributed by atoms with van der Waals surface area (Å²) in [5, 5.41) is 17.1. The van der Waals surface area contributed by atoms with Crippen molar-refractivity contribution in [2.75, 3.05) is 37.7 Å². The Bertz CT molecular complexity index is 1710. The van der Waals surface area contributed by atoms with E-state index in [9.17, 15) is 9.50 Å². The molecule has 0 spiro atoms. The normalized spacial score (nSPS) is 27.5. The fraction of sp³-hybridized carbons (Fsp3) is 0.438. The Morgan fingerprint density at radius 2 is 2.02 bits per heavy atom. The van der Waals surface area contributed by atoms with Crippen LogP contribution >= 0.6 is 11.3 Å². The highest BCUT2D eigenvalue weighted by Gasteiger charge is 2.49. The molecule has 4 aliphatic rings. The predicted octanol–water partition coefficient (Wildman–Crippen LogP) is 5.09. The lowest BCUT2D eigenvalue weighted by Crippen LogP contribution is -2.51. The Balaban J connectivity index is 1.23. The maximum absolute atomic E-state index is 14.4. The molecule has 2 aromatic heterocycles. The van der Waals surface area contributed by atoms with Crippen LogP contribution in [0, 0.1) is 12.3 Å². The van der Waals surface area contributed by atoms with Gasteiger partial charge in [-0.15, -0.1) is 17.8 Å². The van der Waals surface area contributed by atoms with Crippen LogP contribution in [0.1, 0.15) is 37.7 Å². The molecular formula is C32H32FN5O2S. The minimum atomic E-state index is -0.806. The molecule has 0 amide bonds. The van der Waals surface area contributed by atoms with Crippen molar-refractivity contribution < 1.29 is 14.2 Å². The fourth-order valence-corrected chi connectivity index (χ4v) is 8.71. The van der Waals surface area contributed by atoms with Gasteiger partial charge in [-0.05, 0) is 61.9 Å². The highest BCUT2D eigenvalue weighted by Crippen LogP contribution is 2.44. The van der Waals surface area contributed by atoms with Gasteiger partial charge < -0.3 is 20.1 Å². The van der Waals surface area contributed by atoms with E-state index in [1.54, 1.807) is 23.5 Å². The van der Waals surface area contributed by atoms with Gasteiger partial charge in [-0.1, -0.05) is 18.1 Å². The SMILES string of the molecule is C#Cc1cccc2cc(O)cc(-c3cc4c(N5CC6CCC(C5)N6)nc(OC[C@@]56CCCN5C[C@H](F)C6)nc4s3)c12. The number of hydrogen-bond donors (Lipinski definition) is 2. The summed E-state index contributed by atoms with van der Waals surface area (Å²) in [5.74, 6) is 3.88. The molecular weight excluding hydrogens is 537 g/mol. The number of anilines is 1. The lowest BCUT2D eigenvalue weighted by atomic mass is 9.95. The average Bonchev–Trinajstić information content (AvgIpc) is 3.72. The minimum Gasteiger partial charge on any atom is -0.508 e. The van der Waals surface area contributed by atoms with Crippen LogP contribution in [0.25, 0.3) is 31.4 Å². The second-order valence-electron chi connectivity index (χ2n) is 12.1. The number of terminal acetylenes is 1. The summed E-state index contributed by atoms with van der Waals surface area (Å²) in [4.78, 5) is 16.3. The first-order chi connectivity index (χ1) is 20.0. The molecule has 8 rings (SSSR count). The zero-order valence-corrected chi connectivity index (χ0v) is 23.6. The van der Waals surface area contributed by atoms with E-state index in [-0.39, 0.29) is 11.3 Å². The van der Waals surface area contributed by atoms with Crippen LogP contribution < -0.4 is 15.0 Å². The number of ether oxygens (including phenoxy) is 1. The summed E-state index contributed by atoms with van der Waals surface area (Å²) in [5.41, 5.74) is 1.40. The Kier molecular flexibility index (Phi) is 5.89. The van der Waals surface area contributed by atoms with E-state index < -0.39 is 6.17 Å². The van der Waals surface area contributed by atoms with Crippen molar-refractivity contribution in [3.05, 3.63) is 42.0 Å². The predicted molar refractivity (Wildman–Crippen MR) is 161 cm³/mol. The van der Waals surface area contributed by atoms with Gasteiger partial charge in [0.1, 0.15) is 29.2 Å². The lowest BCUT2D eigenvalue weighted by molar-refractivity contribution is 0.107. The molecule has 9 heteroatoms. The monoisotopic (exact) mass is 569 g/mol. The molecule has 41 heavy (non-hydrogen) atoms. The summed E-state index contributed by atoms with van der Waals surface area (Å²) < 4.78 is 20.8. The van der Waals surface area contributed by atoms with Crippen molar-refractivity contribution in [1.29, 1.82) is 0 Å². The van der Waals surface area contributed by atoms with Gasteiger partial charge in [-0.25, -0.2) is 4.39 Å². The van der Waals surface area contributed by atoms with E-state index in [4.69, 9.17) is 21.1 Å². The fourth-order valence-electron chi connectivity index (χ4n) is 7.67. The number of hydrogen-bond acceptors (Lipinski definition) is 8. The molecule has 4 saturated heterocycles. The molecule has 2 aromatic carbocycles. The van der Waals surface area contributed by atoms with E-state index in [1.807, 2.05) is 18.2 Å². The quantitative estimate of drug-likeness (QED) is 0.324. The number of nitrogens with zero attached hydrogens (tertiary/aromatic N) is 4. The summed E-state index contributed by atoms with van der Waals surface area (Å²) in [6.07, 6.45) is 9.93. The second-order valence-corrected chi connectivity index (χ2v) is 13.1. The van der Waals surface area contributed by atoms with Crippen LogP contribution in [0.15, 0.2) is 36.4 Å². The molecule has 0 aliphatic carbocycles.